The molecule has 1 aromatic carbocycles. The van der Waals surface area contributed by atoms with Gasteiger partial charge >= 0.3 is 0 Å². The number of rotatable bonds is 6. The summed E-state index contributed by atoms with van der Waals surface area (Å²) in [6.45, 7) is 6.71. The summed E-state index contributed by atoms with van der Waals surface area (Å²) in [5, 5.41) is 13.6. The second-order valence-corrected chi connectivity index (χ2v) is 7.66. The highest BCUT2D eigenvalue weighted by molar-refractivity contribution is 5.96. The van der Waals surface area contributed by atoms with Crippen molar-refractivity contribution in [3.63, 3.8) is 0 Å². The van der Waals surface area contributed by atoms with Gasteiger partial charge in [0.25, 0.3) is 5.91 Å². The minimum atomic E-state index is -0.265. The second-order valence-electron chi connectivity index (χ2n) is 7.66. The second kappa shape index (κ2) is 8.21. The summed E-state index contributed by atoms with van der Waals surface area (Å²) < 4.78 is 1.88. The van der Waals surface area contributed by atoms with E-state index in [9.17, 15) is 9.59 Å². The Morgan fingerprint density at radius 1 is 1.00 bits per heavy atom. The van der Waals surface area contributed by atoms with Crippen LogP contribution in [-0.4, -0.2) is 39.5 Å². The van der Waals surface area contributed by atoms with Gasteiger partial charge in [-0.2, -0.15) is 0 Å². The van der Waals surface area contributed by atoms with Gasteiger partial charge in [0.05, 0.1) is 6.54 Å². The van der Waals surface area contributed by atoms with Crippen LogP contribution in [0.15, 0.2) is 48.7 Å². The van der Waals surface area contributed by atoms with Crippen molar-refractivity contribution in [1.29, 1.82) is 0 Å². The molecule has 3 aromatic rings. The maximum absolute atomic E-state index is 12.2. The average molecular weight is 379 g/mol. The first-order valence-corrected chi connectivity index (χ1v) is 9.29. The highest BCUT2D eigenvalue weighted by Crippen LogP contribution is 2.22. The van der Waals surface area contributed by atoms with Crippen LogP contribution >= 0.6 is 0 Å². The number of pyridine rings is 1. The van der Waals surface area contributed by atoms with Gasteiger partial charge in [0.2, 0.25) is 5.91 Å². The molecule has 28 heavy (non-hydrogen) atoms. The Kier molecular flexibility index (Phi) is 5.73. The first-order chi connectivity index (χ1) is 13.3. The van der Waals surface area contributed by atoms with Crippen LogP contribution in [0.4, 0.5) is 0 Å². The van der Waals surface area contributed by atoms with Crippen LogP contribution < -0.4 is 10.6 Å². The van der Waals surface area contributed by atoms with Gasteiger partial charge in [0, 0.05) is 24.7 Å². The van der Waals surface area contributed by atoms with Crippen molar-refractivity contribution in [2.45, 2.75) is 32.6 Å². The molecule has 0 saturated heterocycles. The van der Waals surface area contributed by atoms with Gasteiger partial charge in [-0.25, -0.2) is 0 Å². The Balaban J connectivity index is 1.44. The highest BCUT2D eigenvalue weighted by Gasteiger charge is 2.14. The van der Waals surface area contributed by atoms with Gasteiger partial charge in [-0.05, 0) is 35.2 Å². The predicted octanol–water partition coefficient (Wildman–Crippen LogP) is 2.12. The number of carbonyl (C=O) groups excluding carboxylic acids is 2. The topological polar surface area (TPSA) is 88.4 Å². The molecule has 0 saturated carbocycles. The zero-order chi connectivity index (χ0) is 20.1. The van der Waals surface area contributed by atoms with Crippen molar-refractivity contribution >= 4 is 17.5 Å². The van der Waals surface area contributed by atoms with Crippen LogP contribution in [0.3, 0.4) is 0 Å². The zero-order valence-electron chi connectivity index (χ0n) is 16.4. The SMILES string of the molecule is CC(C)(C)c1ccc(C(=O)NCC(=O)NCCc2nnc3ccccn23)cc1. The summed E-state index contributed by atoms with van der Waals surface area (Å²) in [6, 6.07) is 13.1. The largest absolute Gasteiger partial charge is 0.354 e. The van der Waals surface area contributed by atoms with Crippen LogP contribution in [0, 0.1) is 0 Å². The van der Waals surface area contributed by atoms with Crippen molar-refractivity contribution in [2.75, 3.05) is 13.1 Å². The number of hydrogen-bond acceptors (Lipinski definition) is 4. The third kappa shape index (κ3) is 4.73. The molecule has 0 aliphatic carbocycles. The predicted molar refractivity (Wildman–Crippen MR) is 107 cm³/mol. The molecular formula is C21H25N5O2. The number of amides is 2. The lowest BCUT2D eigenvalue weighted by Gasteiger charge is -2.19. The molecule has 2 heterocycles. The monoisotopic (exact) mass is 379 g/mol. The molecule has 7 nitrogen and oxygen atoms in total. The Hall–Kier alpha value is -3.22. The normalized spacial score (nSPS) is 11.4. The summed E-state index contributed by atoms with van der Waals surface area (Å²) in [6.07, 6.45) is 2.44. The molecule has 0 bridgehead atoms. The fourth-order valence-corrected chi connectivity index (χ4v) is 2.82. The molecular weight excluding hydrogens is 354 g/mol. The average Bonchev–Trinajstić information content (AvgIpc) is 3.09. The molecule has 0 fully saturated rings. The molecule has 0 spiro atoms. The van der Waals surface area contributed by atoms with Gasteiger partial charge in [0.1, 0.15) is 5.82 Å². The Morgan fingerprint density at radius 3 is 2.46 bits per heavy atom. The van der Waals surface area contributed by atoms with Gasteiger partial charge in [-0.15, -0.1) is 10.2 Å². The van der Waals surface area contributed by atoms with Crippen molar-refractivity contribution < 1.29 is 9.59 Å². The Bertz CT molecular complexity index is 970. The van der Waals surface area contributed by atoms with E-state index < -0.39 is 0 Å². The quantitative estimate of drug-likeness (QED) is 0.687. The summed E-state index contributed by atoms with van der Waals surface area (Å²) in [4.78, 5) is 24.2. The first-order valence-electron chi connectivity index (χ1n) is 9.29. The summed E-state index contributed by atoms with van der Waals surface area (Å²) in [5.74, 6) is 0.270. The third-order valence-corrected chi connectivity index (χ3v) is 4.48. The van der Waals surface area contributed by atoms with Crippen molar-refractivity contribution in [3.8, 4) is 0 Å². The maximum atomic E-state index is 12.2. The summed E-state index contributed by atoms with van der Waals surface area (Å²) in [7, 11) is 0. The number of aromatic nitrogens is 3. The van der Waals surface area contributed by atoms with E-state index in [0.29, 0.717) is 18.5 Å². The fraction of sp³-hybridized carbons (Fsp3) is 0.333. The Labute approximate surface area is 164 Å². The molecule has 0 radical (unpaired) electrons. The van der Waals surface area contributed by atoms with Crippen LogP contribution in [0.1, 0.15) is 42.5 Å². The number of carbonyl (C=O) groups is 2. The minimum absolute atomic E-state index is 0.0323. The van der Waals surface area contributed by atoms with E-state index in [1.54, 1.807) is 12.1 Å². The number of fused-ring (bicyclic) bond motifs is 1. The van der Waals surface area contributed by atoms with Gasteiger partial charge < -0.3 is 10.6 Å². The van der Waals surface area contributed by atoms with E-state index in [-0.39, 0.29) is 23.8 Å². The number of nitrogens with zero attached hydrogens (tertiary/aromatic N) is 3. The lowest BCUT2D eigenvalue weighted by Crippen LogP contribution is -2.37. The van der Waals surface area contributed by atoms with E-state index >= 15 is 0 Å². The van der Waals surface area contributed by atoms with Crippen molar-refractivity contribution in [3.05, 3.63) is 65.6 Å². The molecule has 2 N–H and O–H groups in total. The highest BCUT2D eigenvalue weighted by atomic mass is 16.2. The molecule has 2 aromatic heterocycles. The van der Waals surface area contributed by atoms with Crippen LogP contribution in [-0.2, 0) is 16.6 Å². The number of nitrogens with one attached hydrogen (secondary N) is 2. The van der Waals surface area contributed by atoms with Crippen molar-refractivity contribution in [1.82, 2.24) is 25.2 Å². The zero-order valence-corrected chi connectivity index (χ0v) is 16.4. The van der Waals surface area contributed by atoms with E-state index in [1.807, 2.05) is 40.9 Å². The van der Waals surface area contributed by atoms with Gasteiger partial charge in [-0.3, -0.25) is 14.0 Å². The van der Waals surface area contributed by atoms with E-state index in [2.05, 4.69) is 41.6 Å². The minimum Gasteiger partial charge on any atom is -0.354 e. The molecule has 2 amide bonds. The fourth-order valence-electron chi connectivity index (χ4n) is 2.82. The smallest absolute Gasteiger partial charge is 0.251 e. The van der Waals surface area contributed by atoms with E-state index in [1.165, 1.54) is 0 Å². The lowest BCUT2D eigenvalue weighted by molar-refractivity contribution is -0.120. The van der Waals surface area contributed by atoms with Gasteiger partial charge in [0.15, 0.2) is 5.65 Å². The first kappa shape index (κ1) is 19.5. The van der Waals surface area contributed by atoms with E-state index in [4.69, 9.17) is 0 Å². The van der Waals surface area contributed by atoms with Crippen molar-refractivity contribution in [2.24, 2.45) is 0 Å². The van der Waals surface area contributed by atoms with Crippen LogP contribution in [0.25, 0.3) is 5.65 Å². The lowest BCUT2D eigenvalue weighted by atomic mass is 9.87. The summed E-state index contributed by atoms with van der Waals surface area (Å²) in [5.41, 5.74) is 2.50. The van der Waals surface area contributed by atoms with E-state index in [0.717, 1.165) is 17.0 Å². The van der Waals surface area contributed by atoms with Crippen LogP contribution in [0.2, 0.25) is 0 Å². The molecule has 3 rings (SSSR count). The third-order valence-electron chi connectivity index (χ3n) is 4.48. The Morgan fingerprint density at radius 2 is 1.75 bits per heavy atom. The molecule has 7 heteroatoms. The van der Waals surface area contributed by atoms with Crippen LogP contribution in [0.5, 0.6) is 0 Å². The van der Waals surface area contributed by atoms with Gasteiger partial charge in [-0.1, -0.05) is 39.0 Å². The maximum Gasteiger partial charge on any atom is 0.251 e. The molecule has 146 valence electrons. The summed E-state index contributed by atoms with van der Waals surface area (Å²) >= 11 is 0. The number of benzene rings is 1. The molecule has 0 aliphatic rings. The molecule has 0 unspecified atom stereocenters. The molecule has 0 atom stereocenters. The number of hydrogen-bond donors (Lipinski definition) is 2. The standard InChI is InChI=1S/C21H25N5O2/c1-21(2,3)16-9-7-15(8-10-16)20(28)23-14-19(27)22-12-11-18-25-24-17-6-4-5-13-26(17)18/h4-10,13H,11-12,14H2,1-3H3,(H,22,27)(H,23,28). The molecule has 0 aliphatic heterocycles.